The maximum absolute atomic E-state index is 12.7. The quantitative estimate of drug-likeness (QED) is 0.500. The van der Waals surface area contributed by atoms with Crippen LogP contribution in [0.15, 0.2) is 70.6 Å². The van der Waals surface area contributed by atoms with E-state index in [9.17, 15) is 14.4 Å². The fourth-order valence-electron chi connectivity index (χ4n) is 2.84. The standard InChI is InChI=1S/C19H16N6O3/c1-24-11-14(9-20-24)25-10-13(7-8-15(25)26)18(27)21-17-16(22-23-19(17)28)12-5-3-2-4-6-12/h2-11H,1H3,(H,21,27)(H2,22,23,28). The lowest BCUT2D eigenvalue weighted by Gasteiger charge is -2.08. The van der Waals surface area contributed by atoms with Gasteiger partial charge in [0.2, 0.25) is 0 Å². The number of benzene rings is 1. The molecule has 0 aliphatic heterocycles. The van der Waals surface area contributed by atoms with Gasteiger partial charge in [0.15, 0.2) is 0 Å². The zero-order valence-electron chi connectivity index (χ0n) is 14.8. The van der Waals surface area contributed by atoms with Crippen LogP contribution in [0.3, 0.4) is 0 Å². The van der Waals surface area contributed by atoms with Gasteiger partial charge in [0.1, 0.15) is 5.69 Å². The molecule has 0 aliphatic rings. The summed E-state index contributed by atoms with van der Waals surface area (Å²) in [5.41, 5.74) is 1.34. The van der Waals surface area contributed by atoms with Crippen molar-refractivity contribution >= 4 is 11.6 Å². The lowest BCUT2D eigenvalue weighted by molar-refractivity contribution is 0.102. The number of aryl methyl sites for hydroxylation is 1. The van der Waals surface area contributed by atoms with Gasteiger partial charge in [-0.1, -0.05) is 30.3 Å². The van der Waals surface area contributed by atoms with Crippen molar-refractivity contribution in [2.75, 3.05) is 5.32 Å². The molecular weight excluding hydrogens is 360 g/mol. The summed E-state index contributed by atoms with van der Waals surface area (Å²) in [7, 11) is 1.73. The summed E-state index contributed by atoms with van der Waals surface area (Å²) in [5, 5.41) is 11.9. The van der Waals surface area contributed by atoms with Crippen molar-refractivity contribution in [3.8, 4) is 16.9 Å². The predicted octanol–water partition coefficient (Wildman–Crippen LogP) is 1.51. The molecule has 0 radical (unpaired) electrons. The molecule has 3 heterocycles. The lowest BCUT2D eigenvalue weighted by Crippen LogP contribution is -2.22. The molecule has 0 saturated carbocycles. The Balaban J connectivity index is 1.68. The number of nitrogens with zero attached hydrogens (tertiary/aromatic N) is 3. The number of H-pyrrole nitrogens is 2. The summed E-state index contributed by atoms with van der Waals surface area (Å²) in [6.45, 7) is 0. The number of anilines is 1. The van der Waals surface area contributed by atoms with E-state index < -0.39 is 11.5 Å². The van der Waals surface area contributed by atoms with Gasteiger partial charge in [-0.05, 0) is 6.07 Å². The highest BCUT2D eigenvalue weighted by Gasteiger charge is 2.16. The van der Waals surface area contributed by atoms with Gasteiger partial charge in [0.25, 0.3) is 17.0 Å². The zero-order chi connectivity index (χ0) is 19.7. The first-order valence-corrected chi connectivity index (χ1v) is 8.42. The van der Waals surface area contributed by atoms with Crippen LogP contribution in [0.5, 0.6) is 0 Å². The number of nitrogens with one attached hydrogen (secondary N) is 3. The van der Waals surface area contributed by atoms with E-state index in [-0.39, 0.29) is 16.8 Å². The highest BCUT2D eigenvalue weighted by atomic mass is 16.2. The minimum atomic E-state index is -0.514. The molecule has 1 aromatic carbocycles. The fourth-order valence-corrected chi connectivity index (χ4v) is 2.84. The van der Waals surface area contributed by atoms with E-state index in [1.165, 1.54) is 29.1 Å². The van der Waals surface area contributed by atoms with Crippen LogP contribution in [0, 0.1) is 0 Å². The first-order valence-electron chi connectivity index (χ1n) is 8.42. The molecule has 0 atom stereocenters. The van der Waals surface area contributed by atoms with Crippen LogP contribution in [-0.2, 0) is 7.05 Å². The zero-order valence-corrected chi connectivity index (χ0v) is 14.8. The maximum Gasteiger partial charge on any atom is 0.288 e. The van der Waals surface area contributed by atoms with Gasteiger partial charge in [-0.2, -0.15) is 5.10 Å². The van der Waals surface area contributed by atoms with Gasteiger partial charge in [-0.15, -0.1) is 0 Å². The molecule has 0 spiro atoms. The minimum Gasteiger partial charge on any atom is -0.315 e. The monoisotopic (exact) mass is 376 g/mol. The Morgan fingerprint density at radius 3 is 2.54 bits per heavy atom. The number of rotatable bonds is 4. The molecule has 140 valence electrons. The summed E-state index contributed by atoms with van der Waals surface area (Å²) < 4.78 is 2.88. The second-order valence-electron chi connectivity index (χ2n) is 6.15. The summed E-state index contributed by atoms with van der Waals surface area (Å²) in [6.07, 6.45) is 4.60. The number of carbonyl (C=O) groups is 1. The van der Waals surface area contributed by atoms with Crippen molar-refractivity contribution in [1.29, 1.82) is 0 Å². The average Bonchev–Trinajstić information content (AvgIpc) is 3.29. The highest BCUT2D eigenvalue weighted by molar-refractivity contribution is 6.05. The molecule has 0 fully saturated rings. The number of pyridine rings is 1. The van der Waals surface area contributed by atoms with Gasteiger partial charge in [-0.25, -0.2) is 0 Å². The summed E-state index contributed by atoms with van der Waals surface area (Å²) in [6, 6.07) is 11.9. The smallest absolute Gasteiger partial charge is 0.288 e. The van der Waals surface area contributed by atoms with Crippen LogP contribution in [0.1, 0.15) is 10.4 Å². The maximum atomic E-state index is 12.7. The van der Waals surface area contributed by atoms with Crippen molar-refractivity contribution < 1.29 is 4.79 Å². The molecule has 9 heteroatoms. The lowest BCUT2D eigenvalue weighted by atomic mass is 10.1. The van der Waals surface area contributed by atoms with Crippen LogP contribution < -0.4 is 16.4 Å². The molecule has 1 amide bonds. The van der Waals surface area contributed by atoms with Crippen molar-refractivity contribution in [1.82, 2.24) is 24.5 Å². The second-order valence-corrected chi connectivity index (χ2v) is 6.15. The van der Waals surface area contributed by atoms with Crippen LogP contribution in [0.2, 0.25) is 0 Å². The highest BCUT2D eigenvalue weighted by Crippen LogP contribution is 2.22. The van der Waals surface area contributed by atoms with Gasteiger partial charge < -0.3 is 5.32 Å². The van der Waals surface area contributed by atoms with Crippen molar-refractivity contribution in [3.63, 3.8) is 0 Å². The van der Waals surface area contributed by atoms with Crippen molar-refractivity contribution in [2.24, 2.45) is 7.05 Å². The van der Waals surface area contributed by atoms with E-state index in [0.717, 1.165) is 5.56 Å². The van der Waals surface area contributed by atoms with E-state index in [4.69, 9.17) is 0 Å². The van der Waals surface area contributed by atoms with Gasteiger partial charge in [0, 0.05) is 31.1 Å². The van der Waals surface area contributed by atoms with E-state index >= 15 is 0 Å². The number of carbonyl (C=O) groups excluding carboxylic acids is 1. The summed E-state index contributed by atoms with van der Waals surface area (Å²) in [4.78, 5) is 37.0. The molecule has 4 aromatic rings. The summed E-state index contributed by atoms with van der Waals surface area (Å²) in [5.74, 6) is -0.514. The van der Waals surface area contributed by atoms with Crippen molar-refractivity contribution in [2.45, 2.75) is 0 Å². The SMILES string of the molecule is Cn1cc(-n2cc(C(=O)Nc3c(-c4ccccc4)[nH][nH]c3=O)ccc2=O)cn1. The number of amides is 1. The Morgan fingerprint density at radius 1 is 1.04 bits per heavy atom. The molecule has 0 saturated heterocycles. The molecular formula is C19H16N6O3. The first kappa shape index (κ1) is 17.3. The molecule has 3 aromatic heterocycles. The van der Waals surface area contributed by atoms with E-state index in [0.29, 0.717) is 11.4 Å². The van der Waals surface area contributed by atoms with E-state index in [1.54, 1.807) is 17.9 Å². The third-order valence-corrected chi connectivity index (χ3v) is 4.22. The molecule has 9 nitrogen and oxygen atoms in total. The van der Waals surface area contributed by atoms with Gasteiger partial charge in [-0.3, -0.25) is 33.8 Å². The Labute approximate surface area is 158 Å². The summed E-state index contributed by atoms with van der Waals surface area (Å²) >= 11 is 0. The number of aromatic amines is 2. The van der Waals surface area contributed by atoms with Crippen LogP contribution >= 0.6 is 0 Å². The van der Waals surface area contributed by atoms with E-state index in [2.05, 4.69) is 20.6 Å². The van der Waals surface area contributed by atoms with Crippen LogP contribution in [0.4, 0.5) is 5.69 Å². The third-order valence-electron chi connectivity index (χ3n) is 4.22. The fraction of sp³-hybridized carbons (Fsp3) is 0.0526. The number of hydrogen-bond donors (Lipinski definition) is 3. The predicted molar refractivity (Wildman–Crippen MR) is 104 cm³/mol. The van der Waals surface area contributed by atoms with Crippen LogP contribution in [-0.4, -0.2) is 30.5 Å². The largest absolute Gasteiger partial charge is 0.315 e. The third kappa shape index (κ3) is 3.16. The van der Waals surface area contributed by atoms with Crippen LogP contribution in [0.25, 0.3) is 16.9 Å². The topological polar surface area (TPSA) is 118 Å². The second kappa shape index (κ2) is 6.88. The Morgan fingerprint density at radius 2 is 1.82 bits per heavy atom. The normalized spacial score (nSPS) is 10.8. The Hall–Kier alpha value is -4.14. The minimum absolute atomic E-state index is 0.107. The Bertz CT molecular complexity index is 1260. The van der Waals surface area contributed by atoms with Gasteiger partial charge in [0.05, 0.1) is 23.1 Å². The van der Waals surface area contributed by atoms with Gasteiger partial charge >= 0.3 is 0 Å². The number of hydrogen-bond acceptors (Lipinski definition) is 4. The van der Waals surface area contributed by atoms with E-state index in [1.807, 2.05) is 30.3 Å². The molecule has 0 bridgehead atoms. The Kier molecular flexibility index (Phi) is 4.24. The molecule has 0 aliphatic carbocycles. The first-order chi connectivity index (χ1) is 13.5. The molecule has 28 heavy (non-hydrogen) atoms. The molecule has 0 unspecified atom stereocenters. The van der Waals surface area contributed by atoms with Crippen molar-refractivity contribution in [3.05, 3.63) is 87.3 Å². The molecule has 3 N–H and O–H groups in total. The average molecular weight is 376 g/mol. The molecule has 4 rings (SSSR count). The number of aromatic nitrogens is 5.